The second kappa shape index (κ2) is 7.36. The van der Waals surface area contributed by atoms with Crippen molar-refractivity contribution in [1.82, 2.24) is 19.8 Å². The number of hydrogen-bond acceptors (Lipinski definition) is 4. The van der Waals surface area contributed by atoms with E-state index in [1.807, 2.05) is 11.6 Å². The SMILES string of the molecule is Cn1ccnc1C1CNCCN1C(=O)COc1cccc(C(F)(F)F)c1. The summed E-state index contributed by atoms with van der Waals surface area (Å²) in [7, 11) is 1.85. The van der Waals surface area contributed by atoms with Gasteiger partial charge in [-0.05, 0) is 18.2 Å². The number of nitrogens with one attached hydrogen (secondary N) is 1. The summed E-state index contributed by atoms with van der Waals surface area (Å²) >= 11 is 0. The number of amides is 1. The van der Waals surface area contributed by atoms with Gasteiger partial charge in [-0.1, -0.05) is 6.07 Å². The fourth-order valence-electron chi connectivity index (χ4n) is 2.92. The van der Waals surface area contributed by atoms with Crippen LogP contribution < -0.4 is 10.1 Å². The second-order valence-corrected chi connectivity index (χ2v) is 6.02. The summed E-state index contributed by atoms with van der Waals surface area (Å²) in [5.41, 5.74) is -0.810. The molecule has 1 saturated heterocycles. The average Bonchev–Trinajstić information content (AvgIpc) is 3.05. The van der Waals surface area contributed by atoms with E-state index in [2.05, 4.69) is 10.3 Å². The molecule has 3 rings (SSSR count). The summed E-state index contributed by atoms with van der Waals surface area (Å²) in [4.78, 5) is 18.5. The number of rotatable bonds is 4. The summed E-state index contributed by atoms with van der Waals surface area (Å²) in [6.45, 7) is 1.33. The Hall–Kier alpha value is -2.55. The van der Waals surface area contributed by atoms with Gasteiger partial charge in [-0.2, -0.15) is 13.2 Å². The highest BCUT2D eigenvalue weighted by Gasteiger charge is 2.32. The Labute approximate surface area is 148 Å². The molecule has 2 aromatic rings. The van der Waals surface area contributed by atoms with Gasteiger partial charge in [0.2, 0.25) is 0 Å². The average molecular weight is 368 g/mol. The van der Waals surface area contributed by atoms with E-state index in [9.17, 15) is 18.0 Å². The van der Waals surface area contributed by atoms with E-state index in [4.69, 9.17) is 4.74 Å². The maximum Gasteiger partial charge on any atom is 0.416 e. The molecule has 1 aliphatic heterocycles. The third-order valence-electron chi connectivity index (χ3n) is 4.24. The molecular weight excluding hydrogens is 349 g/mol. The van der Waals surface area contributed by atoms with Gasteiger partial charge in [0.1, 0.15) is 17.6 Å². The third-order valence-corrected chi connectivity index (χ3v) is 4.24. The molecule has 0 bridgehead atoms. The lowest BCUT2D eigenvalue weighted by atomic mass is 10.1. The van der Waals surface area contributed by atoms with Crippen LogP contribution in [0.1, 0.15) is 17.4 Å². The van der Waals surface area contributed by atoms with Crippen molar-refractivity contribution in [3.05, 3.63) is 48.0 Å². The number of ether oxygens (including phenoxy) is 1. The molecule has 1 aromatic heterocycles. The predicted molar refractivity (Wildman–Crippen MR) is 87.5 cm³/mol. The predicted octanol–water partition coefficient (Wildman–Crippen LogP) is 1.99. The first-order valence-electron chi connectivity index (χ1n) is 8.14. The number of hydrogen-bond donors (Lipinski definition) is 1. The van der Waals surface area contributed by atoms with Crippen LogP contribution in [0.25, 0.3) is 0 Å². The van der Waals surface area contributed by atoms with Crippen LogP contribution in [0.2, 0.25) is 0 Å². The van der Waals surface area contributed by atoms with Crippen LogP contribution >= 0.6 is 0 Å². The standard InChI is InChI=1S/C17H19F3N4O2/c1-23-7-6-22-16(23)14-10-21-5-8-24(14)15(25)11-26-13-4-2-3-12(9-13)17(18,19)20/h2-4,6-7,9,14,21H,5,8,10-11H2,1H3. The molecule has 9 heteroatoms. The van der Waals surface area contributed by atoms with E-state index in [1.54, 1.807) is 17.3 Å². The molecule has 140 valence electrons. The number of halogens is 3. The lowest BCUT2D eigenvalue weighted by molar-refractivity contribution is -0.137. The molecule has 0 spiro atoms. The highest BCUT2D eigenvalue weighted by Crippen LogP contribution is 2.31. The van der Waals surface area contributed by atoms with Crippen LogP contribution in [-0.2, 0) is 18.0 Å². The lowest BCUT2D eigenvalue weighted by Gasteiger charge is -2.35. The fourth-order valence-corrected chi connectivity index (χ4v) is 2.92. The van der Waals surface area contributed by atoms with Gasteiger partial charge in [-0.3, -0.25) is 4.79 Å². The Morgan fingerprint density at radius 1 is 1.42 bits per heavy atom. The molecule has 1 unspecified atom stereocenters. The maximum atomic E-state index is 12.8. The molecule has 1 fully saturated rings. The molecule has 1 aromatic carbocycles. The van der Waals surface area contributed by atoms with Crippen molar-refractivity contribution in [1.29, 1.82) is 0 Å². The minimum atomic E-state index is -4.45. The minimum Gasteiger partial charge on any atom is -0.484 e. The van der Waals surface area contributed by atoms with Crippen molar-refractivity contribution in [2.75, 3.05) is 26.2 Å². The van der Waals surface area contributed by atoms with Gasteiger partial charge in [-0.25, -0.2) is 4.98 Å². The molecule has 26 heavy (non-hydrogen) atoms. The second-order valence-electron chi connectivity index (χ2n) is 6.02. The zero-order chi connectivity index (χ0) is 18.7. The van der Waals surface area contributed by atoms with Gasteiger partial charge in [-0.15, -0.1) is 0 Å². The van der Waals surface area contributed by atoms with E-state index in [0.717, 1.165) is 18.0 Å². The summed E-state index contributed by atoms with van der Waals surface area (Å²) in [6.07, 6.45) is -0.997. The molecule has 0 aliphatic carbocycles. The van der Waals surface area contributed by atoms with Gasteiger partial charge in [0.25, 0.3) is 5.91 Å². The summed E-state index contributed by atoms with van der Waals surface area (Å²) in [5, 5.41) is 3.22. The Bertz CT molecular complexity index is 775. The van der Waals surface area contributed by atoms with Crippen LogP contribution in [0, 0.1) is 0 Å². The highest BCUT2D eigenvalue weighted by atomic mass is 19.4. The third kappa shape index (κ3) is 3.98. The van der Waals surface area contributed by atoms with Crippen LogP contribution in [0.5, 0.6) is 5.75 Å². The van der Waals surface area contributed by atoms with Crippen molar-refractivity contribution in [3.8, 4) is 5.75 Å². The number of piperazine rings is 1. The van der Waals surface area contributed by atoms with Crippen molar-refractivity contribution in [2.24, 2.45) is 7.05 Å². The van der Waals surface area contributed by atoms with Gasteiger partial charge < -0.3 is 19.5 Å². The maximum absolute atomic E-state index is 12.8. The molecule has 1 N–H and O–H groups in total. The monoisotopic (exact) mass is 368 g/mol. The van der Waals surface area contributed by atoms with Crippen molar-refractivity contribution in [3.63, 3.8) is 0 Å². The van der Waals surface area contributed by atoms with Crippen molar-refractivity contribution >= 4 is 5.91 Å². The highest BCUT2D eigenvalue weighted by molar-refractivity contribution is 5.78. The smallest absolute Gasteiger partial charge is 0.416 e. The van der Waals surface area contributed by atoms with E-state index >= 15 is 0 Å². The Morgan fingerprint density at radius 2 is 2.23 bits per heavy atom. The van der Waals surface area contributed by atoms with E-state index < -0.39 is 11.7 Å². The van der Waals surface area contributed by atoms with Crippen LogP contribution in [0.4, 0.5) is 13.2 Å². The number of carbonyl (C=O) groups excluding carboxylic acids is 1. The summed E-state index contributed by atoms with van der Waals surface area (Å²) < 4.78 is 45.4. The number of benzene rings is 1. The number of carbonyl (C=O) groups is 1. The molecule has 1 atom stereocenters. The minimum absolute atomic E-state index is 0.0110. The Kier molecular flexibility index (Phi) is 5.17. The summed E-state index contributed by atoms with van der Waals surface area (Å²) in [6, 6.07) is 4.26. The van der Waals surface area contributed by atoms with Crippen molar-refractivity contribution < 1.29 is 22.7 Å². The first-order chi connectivity index (χ1) is 12.4. The van der Waals surface area contributed by atoms with Gasteiger partial charge in [0, 0.05) is 39.1 Å². The Morgan fingerprint density at radius 3 is 2.92 bits per heavy atom. The number of aryl methyl sites for hydroxylation is 1. The number of nitrogens with zero attached hydrogens (tertiary/aromatic N) is 3. The molecule has 2 heterocycles. The first-order valence-corrected chi connectivity index (χ1v) is 8.14. The molecule has 1 aliphatic rings. The quantitative estimate of drug-likeness (QED) is 0.897. The van der Waals surface area contributed by atoms with Crippen LogP contribution in [0.15, 0.2) is 36.7 Å². The number of imidazole rings is 1. The molecule has 1 amide bonds. The molecule has 0 saturated carbocycles. The van der Waals surface area contributed by atoms with E-state index in [0.29, 0.717) is 19.6 Å². The summed E-state index contributed by atoms with van der Waals surface area (Å²) in [5.74, 6) is 0.457. The zero-order valence-corrected chi connectivity index (χ0v) is 14.2. The van der Waals surface area contributed by atoms with Crippen molar-refractivity contribution in [2.45, 2.75) is 12.2 Å². The fraction of sp³-hybridized carbons (Fsp3) is 0.412. The lowest BCUT2D eigenvalue weighted by Crippen LogP contribution is -2.50. The number of aromatic nitrogens is 2. The zero-order valence-electron chi connectivity index (χ0n) is 14.2. The first kappa shape index (κ1) is 18.2. The number of alkyl halides is 3. The molecule has 0 radical (unpaired) electrons. The van der Waals surface area contributed by atoms with Gasteiger partial charge in [0.05, 0.1) is 5.56 Å². The van der Waals surface area contributed by atoms with Crippen LogP contribution in [-0.4, -0.2) is 46.6 Å². The van der Waals surface area contributed by atoms with E-state index in [1.165, 1.54) is 12.1 Å². The normalized spacial score (nSPS) is 18.0. The van der Waals surface area contributed by atoms with Crippen LogP contribution in [0.3, 0.4) is 0 Å². The molecular formula is C17H19F3N4O2. The van der Waals surface area contributed by atoms with E-state index in [-0.39, 0.29) is 24.3 Å². The Balaban J connectivity index is 1.68. The topological polar surface area (TPSA) is 59.4 Å². The largest absolute Gasteiger partial charge is 0.484 e. The van der Waals surface area contributed by atoms with Gasteiger partial charge >= 0.3 is 6.18 Å². The molecule has 6 nitrogen and oxygen atoms in total. The van der Waals surface area contributed by atoms with Gasteiger partial charge in [0.15, 0.2) is 6.61 Å².